The van der Waals surface area contributed by atoms with Crippen molar-refractivity contribution in [1.29, 1.82) is 0 Å². The molecule has 0 bridgehead atoms. The molecule has 0 aliphatic heterocycles. The Bertz CT molecular complexity index is 1010. The highest BCUT2D eigenvalue weighted by Gasteiger charge is 2.28. The fraction of sp³-hybridized carbons (Fsp3) is 0.200. The molecule has 0 radical (unpaired) electrons. The predicted molar refractivity (Wildman–Crippen MR) is 105 cm³/mol. The lowest BCUT2D eigenvalue weighted by molar-refractivity contribution is -0.141. The quantitative estimate of drug-likeness (QED) is 0.442. The van der Waals surface area contributed by atoms with Gasteiger partial charge in [0.05, 0.1) is 36.5 Å². The Balaban J connectivity index is 1.94. The van der Waals surface area contributed by atoms with E-state index in [9.17, 15) is 14.7 Å². The molecule has 0 saturated heterocycles. The molecule has 0 amide bonds. The molecule has 3 aromatic rings. The number of ether oxygens (including phenoxy) is 1. The fourth-order valence-corrected chi connectivity index (χ4v) is 3.76. The topological polar surface area (TPSA) is 89.9 Å². The first-order chi connectivity index (χ1) is 13.5. The number of rotatable bonds is 7. The van der Waals surface area contributed by atoms with Crippen LogP contribution >= 0.6 is 23.4 Å². The molecular formula is C20H17ClO6S. The van der Waals surface area contributed by atoms with Gasteiger partial charge < -0.3 is 18.7 Å². The van der Waals surface area contributed by atoms with Crippen molar-refractivity contribution in [1.82, 2.24) is 0 Å². The summed E-state index contributed by atoms with van der Waals surface area (Å²) in [5, 5.41) is 10.9. The van der Waals surface area contributed by atoms with Crippen molar-refractivity contribution in [3.05, 3.63) is 81.3 Å². The van der Waals surface area contributed by atoms with E-state index in [4.69, 9.17) is 25.2 Å². The minimum atomic E-state index is -0.791. The van der Waals surface area contributed by atoms with E-state index < -0.39 is 23.1 Å². The van der Waals surface area contributed by atoms with Crippen molar-refractivity contribution in [2.45, 2.75) is 23.0 Å². The molecule has 8 heteroatoms. The average molecular weight is 421 g/mol. The molecule has 0 aliphatic carbocycles. The molecule has 0 aliphatic rings. The van der Waals surface area contributed by atoms with Crippen molar-refractivity contribution in [3.63, 3.8) is 0 Å². The van der Waals surface area contributed by atoms with Gasteiger partial charge in [0.25, 0.3) is 0 Å². The molecule has 3 rings (SSSR count). The van der Waals surface area contributed by atoms with Gasteiger partial charge in [-0.1, -0.05) is 23.7 Å². The van der Waals surface area contributed by atoms with Crippen molar-refractivity contribution < 1.29 is 23.5 Å². The molecule has 146 valence electrons. The number of halogens is 1. The van der Waals surface area contributed by atoms with Gasteiger partial charge in [0, 0.05) is 11.0 Å². The van der Waals surface area contributed by atoms with Crippen LogP contribution in [0.2, 0.25) is 5.02 Å². The Labute approximate surface area is 170 Å². The summed E-state index contributed by atoms with van der Waals surface area (Å²) in [5.41, 5.74) is -0.600. The third-order valence-corrected chi connectivity index (χ3v) is 5.55. The van der Waals surface area contributed by atoms with Crippen LogP contribution in [0.5, 0.6) is 5.75 Å². The van der Waals surface area contributed by atoms with Gasteiger partial charge >= 0.3 is 5.97 Å². The zero-order chi connectivity index (χ0) is 20.1. The first-order valence-corrected chi connectivity index (χ1v) is 9.69. The molecular weight excluding hydrogens is 404 g/mol. The molecule has 1 aromatic carbocycles. The standard InChI is InChI=1S/C20H17ClO6S/c1-25-18(23)10-13(16-6-4-8-26-16)20-19(24)15(22)9-12(27-20)11-28-17-7-3-2-5-14(17)21/h2-9,13,24H,10-11H2,1H3/t13-/m1/s1. The van der Waals surface area contributed by atoms with Gasteiger partial charge in [0.15, 0.2) is 5.76 Å². The number of aromatic hydroxyl groups is 1. The number of methoxy groups -OCH3 is 1. The second-order valence-electron chi connectivity index (χ2n) is 5.86. The minimum absolute atomic E-state index is 0.0393. The van der Waals surface area contributed by atoms with Crippen LogP contribution in [0.15, 0.2) is 67.3 Å². The average Bonchev–Trinajstić information content (AvgIpc) is 3.22. The highest BCUT2D eigenvalue weighted by molar-refractivity contribution is 7.98. The maximum Gasteiger partial charge on any atom is 0.306 e. The molecule has 28 heavy (non-hydrogen) atoms. The first kappa shape index (κ1) is 20.1. The minimum Gasteiger partial charge on any atom is -0.502 e. The second-order valence-corrected chi connectivity index (χ2v) is 7.28. The zero-order valence-electron chi connectivity index (χ0n) is 14.9. The van der Waals surface area contributed by atoms with E-state index in [1.54, 1.807) is 18.2 Å². The normalized spacial score (nSPS) is 11.9. The molecule has 0 fully saturated rings. The summed E-state index contributed by atoms with van der Waals surface area (Å²) in [6, 6.07) is 11.8. The highest BCUT2D eigenvalue weighted by atomic mass is 35.5. The Hall–Kier alpha value is -2.64. The summed E-state index contributed by atoms with van der Waals surface area (Å²) in [6.45, 7) is 0. The van der Waals surface area contributed by atoms with E-state index in [1.807, 2.05) is 18.2 Å². The third kappa shape index (κ3) is 4.61. The van der Waals surface area contributed by atoms with Gasteiger partial charge in [-0.15, -0.1) is 11.8 Å². The Morgan fingerprint density at radius 3 is 2.75 bits per heavy atom. The summed E-state index contributed by atoms with van der Waals surface area (Å²) >= 11 is 7.54. The zero-order valence-corrected chi connectivity index (χ0v) is 16.5. The number of furan rings is 1. The van der Waals surface area contributed by atoms with Gasteiger partial charge in [0.2, 0.25) is 11.2 Å². The lowest BCUT2D eigenvalue weighted by Gasteiger charge is -2.15. The van der Waals surface area contributed by atoms with Crippen LogP contribution in [0.4, 0.5) is 0 Å². The van der Waals surface area contributed by atoms with Crippen molar-refractivity contribution in [3.8, 4) is 5.75 Å². The molecule has 6 nitrogen and oxygen atoms in total. The van der Waals surface area contributed by atoms with Crippen LogP contribution in [-0.2, 0) is 15.3 Å². The van der Waals surface area contributed by atoms with E-state index >= 15 is 0 Å². The highest BCUT2D eigenvalue weighted by Crippen LogP contribution is 2.35. The number of benzene rings is 1. The lowest BCUT2D eigenvalue weighted by Crippen LogP contribution is -2.13. The maximum atomic E-state index is 12.3. The van der Waals surface area contributed by atoms with Gasteiger partial charge in [-0.2, -0.15) is 0 Å². The largest absolute Gasteiger partial charge is 0.502 e. The predicted octanol–water partition coefficient (Wildman–Crippen LogP) is 4.58. The molecule has 2 heterocycles. The van der Waals surface area contributed by atoms with Crippen LogP contribution in [0, 0.1) is 0 Å². The smallest absolute Gasteiger partial charge is 0.306 e. The van der Waals surface area contributed by atoms with Crippen LogP contribution in [-0.4, -0.2) is 18.2 Å². The summed E-state index contributed by atoms with van der Waals surface area (Å²) < 4.78 is 15.9. The van der Waals surface area contributed by atoms with Gasteiger partial charge in [-0.3, -0.25) is 9.59 Å². The summed E-state index contributed by atoms with van der Waals surface area (Å²) in [7, 11) is 1.26. The summed E-state index contributed by atoms with van der Waals surface area (Å²) in [5.74, 6) is -0.891. The number of hydrogen-bond donors (Lipinski definition) is 1. The second kappa shape index (κ2) is 9.03. The Morgan fingerprint density at radius 1 is 1.29 bits per heavy atom. The first-order valence-electron chi connectivity index (χ1n) is 8.33. The number of carbonyl (C=O) groups is 1. The van der Waals surface area contributed by atoms with Crippen LogP contribution < -0.4 is 5.43 Å². The molecule has 0 saturated carbocycles. The SMILES string of the molecule is COC(=O)C[C@H](c1ccco1)c1oc(CSc2ccccc2Cl)cc(=O)c1O. The monoisotopic (exact) mass is 420 g/mol. The van der Waals surface area contributed by atoms with Crippen molar-refractivity contribution in [2.24, 2.45) is 0 Å². The molecule has 0 unspecified atom stereocenters. The van der Waals surface area contributed by atoms with E-state index in [-0.39, 0.29) is 12.2 Å². The number of esters is 1. The molecule has 2 aromatic heterocycles. The van der Waals surface area contributed by atoms with E-state index in [2.05, 4.69) is 0 Å². The summed E-state index contributed by atoms with van der Waals surface area (Å²) in [4.78, 5) is 24.9. The van der Waals surface area contributed by atoms with E-state index in [0.717, 1.165) is 4.90 Å². The molecule has 0 spiro atoms. The lowest BCUT2D eigenvalue weighted by atomic mass is 9.98. The van der Waals surface area contributed by atoms with Gasteiger partial charge in [-0.25, -0.2) is 0 Å². The molecule has 1 N–H and O–H groups in total. The summed E-state index contributed by atoms with van der Waals surface area (Å²) in [6.07, 6.45) is 1.29. The van der Waals surface area contributed by atoms with Crippen LogP contribution in [0.3, 0.4) is 0 Å². The number of thioether (sulfide) groups is 1. The molecule has 1 atom stereocenters. The Kier molecular flexibility index (Phi) is 6.49. The fourth-order valence-electron chi connectivity index (χ4n) is 2.64. The third-order valence-electron chi connectivity index (χ3n) is 4.01. The van der Waals surface area contributed by atoms with Crippen LogP contribution in [0.25, 0.3) is 0 Å². The van der Waals surface area contributed by atoms with Crippen molar-refractivity contribution >= 4 is 29.3 Å². The number of hydrogen-bond acceptors (Lipinski definition) is 7. The van der Waals surface area contributed by atoms with E-state index in [0.29, 0.717) is 22.3 Å². The van der Waals surface area contributed by atoms with Gasteiger partial charge in [-0.05, 0) is 24.3 Å². The van der Waals surface area contributed by atoms with E-state index in [1.165, 1.54) is 31.2 Å². The van der Waals surface area contributed by atoms with Crippen molar-refractivity contribution in [2.75, 3.05) is 7.11 Å². The maximum absolute atomic E-state index is 12.3. The Morgan fingerprint density at radius 2 is 2.07 bits per heavy atom. The number of carbonyl (C=O) groups excluding carboxylic acids is 1. The van der Waals surface area contributed by atoms with Crippen LogP contribution in [0.1, 0.15) is 29.6 Å². The van der Waals surface area contributed by atoms with Gasteiger partial charge in [0.1, 0.15) is 11.5 Å².